The summed E-state index contributed by atoms with van der Waals surface area (Å²) in [6.45, 7) is 2.64. The number of carbonyl (C=O) groups excluding carboxylic acids is 2. The third kappa shape index (κ3) is 5.59. The van der Waals surface area contributed by atoms with E-state index < -0.39 is 18.0 Å². The molecule has 192 valence electrons. The molecule has 0 aliphatic heterocycles. The summed E-state index contributed by atoms with van der Waals surface area (Å²) in [5.41, 5.74) is 7.61. The molecule has 2 amide bonds. The lowest BCUT2D eigenvalue weighted by Crippen LogP contribution is -2.47. The number of fused-ring (bicyclic) bond motifs is 2. The van der Waals surface area contributed by atoms with E-state index in [4.69, 9.17) is 4.74 Å². The van der Waals surface area contributed by atoms with Crippen molar-refractivity contribution >= 4 is 40.0 Å². The topological polar surface area (TPSA) is 101 Å². The standard InChI is InChI=1S/C30H29N5O3/c1-2-38-30(37)33-27(16-22-17-31-26-14-8-6-12-24(22)26)29(36)34-32-18-23-20-35(19-21-10-4-3-5-11-21)28-15-9-7-13-25(23)28/h3-15,17-18,20,27,31H,2,16,19H2,1H3,(H,33,37)(H,34,36)/b32-18-/t27-/m1/s1. The van der Waals surface area contributed by atoms with Crippen molar-refractivity contribution in [2.24, 2.45) is 5.10 Å². The molecule has 5 aromatic rings. The van der Waals surface area contributed by atoms with E-state index in [2.05, 4.69) is 43.6 Å². The molecule has 0 aliphatic rings. The minimum Gasteiger partial charge on any atom is -0.450 e. The number of para-hydroxylation sites is 2. The third-order valence-corrected chi connectivity index (χ3v) is 6.38. The van der Waals surface area contributed by atoms with Gasteiger partial charge in [0.25, 0.3) is 5.91 Å². The summed E-state index contributed by atoms with van der Waals surface area (Å²) < 4.78 is 7.19. The van der Waals surface area contributed by atoms with E-state index in [-0.39, 0.29) is 13.0 Å². The molecule has 1 atom stereocenters. The Morgan fingerprint density at radius 1 is 1.00 bits per heavy atom. The quantitative estimate of drug-likeness (QED) is 0.194. The number of carbonyl (C=O) groups is 2. The Hall–Kier alpha value is -4.85. The number of benzene rings is 3. The molecule has 2 aromatic heterocycles. The Morgan fingerprint density at radius 3 is 2.55 bits per heavy atom. The first-order valence-electron chi connectivity index (χ1n) is 12.6. The lowest BCUT2D eigenvalue weighted by atomic mass is 10.0. The average Bonchev–Trinajstić information content (AvgIpc) is 3.50. The molecule has 0 bridgehead atoms. The van der Waals surface area contributed by atoms with Gasteiger partial charge in [0.05, 0.1) is 12.8 Å². The molecule has 5 rings (SSSR count). The fourth-order valence-electron chi connectivity index (χ4n) is 4.58. The van der Waals surface area contributed by atoms with Gasteiger partial charge < -0.3 is 19.6 Å². The number of hydrazone groups is 1. The predicted octanol–water partition coefficient (Wildman–Crippen LogP) is 4.98. The maximum atomic E-state index is 13.1. The monoisotopic (exact) mass is 507 g/mol. The Labute approximate surface area is 220 Å². The molecular weight excluding hydrogens is 478 g/mol. The highest BCUT2D eigenvalue weighted by atomic mass is 16.5. The van der Waals surface area contributed by atoms with Gasteiger partial charge in [-0.1, -0.05) is 66.7 Å². The second kappa shape index (κ2) is 11.5. The van der Waals surface area contributed by atoms with Gasteiger partial charge in [-0.25, -0.2) is 10.2 Å². The zero-order chi connectivity index (χ0) is 26.3. The van der Waals surface area contributed by atoms with Crippen molar-refractivity contribution in [1.82, 2.24) is 20.3 Å². The highest BCUT2D eigenvalue weighted by molar-refractivity contribution is 6.00. The van der Waals surface area contributed by atoms with Crippen molar-refractivity contribution in [2.45, 2.75) is 25.9 Å². The van der Waals surface area contributed by atoms with E-state index in [1.807, 2.05) is 73.1 Å². The SMILES string of the molecule is CCOC(=O)N[C@H](Cc1c[nH]c2ccccc12)C(=O)N/N=C\c1cn(Cc2ccccc2)c2ccccc12. The van der Waals surface area contributed by atoms with Gasteiger partial charge in [0.1, 0.15) is 6.04 Å². The minimum atomic E-state index is -0.871. The lowest BCUT2D eigenvalue weighted by Gasteiger charge is -2.16. The van der Waals surface area contributed by atoms with Crippen molar-refractivity contribution < 1.29 is 14.3 Å². The predicted molar refractivity (Wildman–Crippen MR) is 149 cm³/mol. The van der Waals surface area contributed by atoms with Gasteiger partial charge in [0.2, 0.25) is 0 Å². The van der Waals surface area contributed by atoms with Crippen molar-refractivity contribution in [2.75, 3.05) is 6.61 Å². The van der Waals surface area contributed by atoms with Gasteiger partial charge >= 0.3 is 6.09 Å². The smallest absolute Gasteiger partial charge is 0.407 e. The number of hydrogen-bond acceptors (Lipinski definition) is 4. The van der Waals surface area contributed by atoms with Crippen LogP contribution in [0.25, 0.3) is 21.8 Å². The molecule has 3 aromatic carbocycles. The van der Waals surface area contributed by atoms with Crippen molar-refractivity contribution in [3.63, 3.8) is 0 Å². The first-order chi connectivity index (χ1) is 18.6. The second-order valence-electron chi connectivity index (χ2n) is 8.93. The van der Waals surface area contributed by atoms with E-state index in [0.717, 1.165) is 39.5 Å². The molecule has 0 radical (unpaired) electrons. The summed E-state index contributed by atoms with van der Waals surface area (Å²) in [5, 5.41) is 8.93. The van der Waals surface area contributed by atoms with Crippen LogP contribution in [0, 0.1) is 0 Å². The van der Waals surface area contributed by atoms with Crippen LogP contribution in [0.4, 0.5) is 4.79 Å². The number of H-pyrrole nitrogens is 1. The van der Waals surface area contributed by atoms with Gasteiger partial charge in [-0.05, 0) is 30.2 Å². The van der Waals surface area contributed by atoms with Crippen LogP contribution >= 0.6 is 0 Å². The summed E-state index contributed by atoms with van der Waals surface area (Å²) in [6.07, 6.45) is 5.13. The molecule has 0 saturated heterocycles. The number of rotatable bonds is 9. The molecule has 0 fully saturated rings. The molecule has 3 N–H and O–H groups in total. The molecule has 8 heteroatoms. The number of aromatic amines is 1. The van der Waals surface area contributed by atoms with Crippen LogP contribution in [0.15, 0.2) is 96.4 Å². The van der Waals surface area contributed by atoms with Crippen LogP contribution in [-0.2, 0) is 22.5 Å². The van der Waals surface area contributed by atoms with Crippen molar-refractivity contribution in [1.29, 1.82) is 0 Å². The van der Waals surface area contributed by atoms with Crippen LogP contribution in [0.5, 0.6) is 0 Å². The molecule has 0 unspecified atom stereocenters. The first kappa shape index (κ1) is 24.8. The maximum Gasteiger partial charge on any atom is 0.407 e. The minimum absolute atomic E-state index is 0.207. The number of nitrogens with zero attached hydrogens (tertiary/aromatic N) is 2. The number of aromatic nitrogens is 2. The largest absolute Gasteiger partial charge is 0.450 e. The molecule has 0 spiro atoms. The second-order valence-corrected chi connectivity index (χ2v) is 8.93. The van der Waals surface area contributed by atoms with Gasteiger partial charge in [-0.15, -0.1) is 0 Å². The molecular formula is C30H29N5O3. The maximum absolute atomic E-state index is 13.1. The molecule has 8 nitrogen and oxygen atoms in total. The van der Waals surface area contributed by atoms with E-state index in [1.54, 1.807) is 13.1 Å². The summed E-state index contributed by atoms with van der Waals surface area (Å²) in [5.74, 6) is -0.437. The Bertz CT molecular complexity index is 1590. The zero-order valence-corrected chi connectivity index (χ0v) is 21.1. The fourth-order valence-corrected chi connectivity index (χ4v) is 4.58. The summed E-state index contributed by atoms with van der Waals surface area (Å²) >= 11 is 0. The molecule has 0 aliphatic carbocycles. The highest BCUT2D eigenvalue weighted by Gasteiger charge is 2.23. The van der Waals surface area contributed by atoms with Crippen LogP contribution < -0.4 is 10.7 Å². The van der Waals surface area contributed by atoms with E-state index in [9.17, 15) is 9.59 Å². The average molecular weight is 508 g/mol. The zero-order valence-electron chi connectivity index (χ0n) is 21.1. The Balaban J connectivity index is 1.34. The molecule has 0 saturated carbocycles. The van der Waals surface area contributed by atoms with Crippen LogP contribution in [-0.4, -0.2) is 40.4 Å². The molecule has 2 heterocycles. The summed E-state index contributed by atoms with van der Waals surface area (Å²) in [4.78, 5) is 28.5. The van der Waals surface area contributed by atoms with E-state index >= 15 is 0 Å². The van der Waals surface area contributed by atoms with Gasteiger partial charge in [-0.2, -0.15) is 5.10 Å². The first-order valence-corrected chi connectivity index (χ1v) is 12.6. The Kier molecular flexibility index (Phi) is 7.49. The number of alkyl carbamates (subject to hydrolysis) is 1. The van der Waals surface area contributed by atoms with E-state index in [1.165, 1.54) is 5.56 Å². The number of nitrogens with one attached hydrogen (secondary N) is 3. The van der Waals surface area contributed by atoms with Crippen molar-refractivity contribution in [3.05, 3.63) is 108 Å². The normalized spacial score (nSPS) is 12.1. The number of amides is 2. The Morgan fingerprint density at radius 2 is 1.74 bits per heavy atom. The third-order valence-electron chi connectivity index (χ3n) is 6.38. The number of ether oxygens (including phenoxy) is 1. The van der Waals surface area contributed by atoms with Gasteiger partial charge in [0, 0.05) is 52.7 Å². The van der Waals surface area contributed by atoms with Gasteiger partial charge in [0.15, 0.2) is 0 Å². The van der Waals surface area contributed by atoms with Crippen LogP contribution in [0.1, 0.15) is 23.6 Å². The van der Waals surface area contributed by atoms with E-state index in [0.29, 0.717) is 0 Å². The summed E-state index contributed by atoms with van der Waals surface area (Å²) in [6, 6.07) is 25.2. The lowest BCUT2D eigenvalue weighted by molar-refractivity contribution is -0.123. The molecule has 38 heavy (non-hydrogen) atoms. The number of hydrogen-bond donors (Lipinski definition) is 3. The summed E-state index contributed by atoms with van der Waals surface area (Å²) in [7, 11) is 0. The van der Waals surface area contributed by atoms with Crippen LogP contribution in [0.2, 0.25) is 0 Å². The fraction of sp³-hybridized carbons (Fsp3) is 0.167. The van der Waals surface area contributed by atoms with Crippen molar-refractivity contribution in [3.8, 4) is 0 Å². The van der Waals surface area contributed by atoms with Gasteiger partial charge in [-0.3, -0.25) is 4.79 Å². The van der Waals surface area contributed by atoms with Crippen LogP contribution in [0.3, 0.4) is 0 Å². The highest BCUT2D eigenvalue weighted by Crippen LogP contribution is 2.22.